The summed E-state index contributed by atoms with van der Waals surface area (Å²) in [6.45, 7) is 0.261. The molecule has 2 amide bonds. The number of aliphatic carboxylic acids is 1. The number of carbonyl (C=O) groups excluding carboxylic acids is 3. The fourth-order valence-corrected chi connectivity index (χ4v) is 5.85. The number of rotatable bonds is 6. The topological polar surface area (TPSA) is 118 Å². The van der Waals surface area contributed by atoms with E-state index in [1.165, 1.54) is 4.90 Å². The van der Waals surface area contributed by atoms with Crippen LogP contribution in [0, 0.1) is 29.6 Å². The van der Waals surface area contributed by atoms with Crippen LogP contribution < -0.4 is 14.6 Å². The van der Waals surface area contributed by atoms with Crippen molar-refractivity contribution >= 4 is 23.5 Å². The number of carboxylic acids is 1. The zero-order valence-corrected chi connectivity index (χ0v) is 16.6. The highest BCUT2D eigenvalue weighted by atomic mass is 16.6. The molecule has 2 bridgehead atoms. The number of oxime groups is 1. The minimum atomic E-state index is -1.37. The van der Waals surface area contributed by atoms with Gasteiger partial charge in [0.2, 0.25) is 11.8 Å². The highest BCUT2D eigenvalue weighted by Gasteiger charge is 2.70. The van der Waals surface area contributed by atoms with Gasteiger partial charge in [0.05, 0.1) is 37.9 Å². The maximum atomic E-state index is 13.1. The van der Waals surface area contributed by atoms with Gasteiger partial charge in [0, 0.05) is 12.5 Å². The van der Waals surface area contributed by atoms with Crippen LogP contribution in [0.15, 0.2) is 23.4 Å². The molecule has 1 aromatic carbocycles. The molecule has 2 saturated carbocycles. The summed E-state index contributed by atoms with van der Waals surface area (Å²) in [5, 5.41) is 15.0. The lowest BCUT2D eigenvalue weighted by molar-refractivity contribution is -0.294. The largest absolute Gasteiger partial charge is 0.543 e. The van der Waals surface area contributed by atoms with Gasteiger partial charge >= 0.3 is 0 Å². The molecule has 4 aliphatic rings. The molecule has 9 nitrogen and oxygen atoms in total. The van der Waals surface area contributed by atoms with Crippen molar-refractivity contribution < 1.29 is 33.8 Å². The Morgan fingerprint density at radius 2 is 1.83 bits per heavy atom. The molecule has 2 aliphatic carbocycles. The van der Waals surface area contributed by atoms with Crippen LogP contribution in [0.4, 0.5) is 0 Å². The first-order valence-electron chi connectivity index (χ1n) is 9.97. The van der Waals surface area contributed by atoms with Gasteiger partial charge in [-0.1, -0.05) is 11.2 Å². The average Bonchev–Trinajstić information content (AvgIpc) is 3.47. The van der Waals surface area contributed by atoms with Crippen LogP contribution in [-0.4, -0.2) is 55.3 Å². The van der Waals surface area contributed by atoms with Gasteiger partial charge in [-0.25, -0.2) is 0 Å². The predicted octanol–water partition coefficient (Wildman–Crippen LogP) is -0.382. The van der Waals surface area contributed by atoms with Crippen LogP contribution in [0.2, 0.25) is 0 Å². The summed E-state index contributed by atoms with van der Waals surface area (Å²) in [7, 11) is 3.11. The maximum Gasteiger partial charge on any atom is 0.233 e. The van der Waals surface area contributed by atoms with Gasteiger partial charge in [0.15, 0.2) is 11.5 Å². The molecule has 30 heavy (non-hydrogen) atoms. The van der Waals surface area contributed by atoms with E-state index in [0.717, 1.165) is 5.56 Å². The number of hydrogen-bond donors (Lipinski definition) is 0. The molecule has 0 N–H and O–H groups in total. The molecular weight excluding hydrogens is 392 g/mol. The van der Waals surface area contributed by atoms with E-state index in [2.05, 4.69) is 5.16 Å². The fourth-order valence-electron chi connectivity index (χ4n) is 5.85. The summed E-state index contributed by atoms with van der Waals surface area (Å²) in [5.41, 5.74) is 0.787. The van der Waals surface area contributed by atoms with Gasteiger partial charge in [-0.2, -0.15) is 0 Å². The Hall–Kier alpha value is -3.10. The Labute approximate surface area is 172 Å². The van der Waals surface area contributed by atoms with Crippen molar-refractivity contribution in [1.82, 2.24) is 4.90 Å². The van der Waals surface area contributed by atoms with Crippen LogP contribution in [-0.2, 0) is 25.6 Å². The second-order valence-electron chi connectivity index (χ2n) is 8.24. The summed E-state index contributed by atoms with van der Waals surface area (Å²) < 4.78 is 10.5. The fraction of sp³-hybridized carbons (Fsp3) is 0.524. The Balaban J connectivity index is 1.33. The number of amides is 2. The monoisotopic (exact) mass is 413 g/mol. The molecule has 2 heterocycles. The number of methoxy groups -OCH3 is 2. The Morgan fingerprint density at radius 1 is 1.13 bits per heavy atom. The van der Waals surface area contributed by atoms with Crippen molar-refractivity contribution in [3.63, 3.8) is 0 Å². The van der Waals surface area contributed by atoms with Crippen LogP contribution in [0.3, 0.4) is 0 Å². The summed E-state index contributed by atoms with van der Waals surface area (Å²) >= 11 is 0. The van der Waals surface area contributed by atoms with Crippen LogP contribution in [0.1, 0.15) is 12.0 Å². The molecule has 5 rings (SSSR count). The van der Waals surface area contributed by atoms with Crippen LogP contribution >= 0.6 is 0 Å². The molecule has 0 spiro atoms. The highest BCUT2D eigenvalue weighted by Crippen LogP contribution is 2.61. The standard InChI is InChI=1S/C21H22N2O7/c1-28-12-4-3-9(7-13(12)29-2)5-6-23-19(24)14-10-8-11(15(14)20(23)25)18-16(10)17(21(26)27)22-30-18/h3-4,7,10-11,14-16,18H,5-6,8H2,1-2H3,(H,26,27)/p-1/t10-,11+,14+,15+,16+,18-/m1/s1. The molecule has 0 radical (unpaired) electrons. The lowest BCUT2D eigenvalue weighted by Gasteiger charge is -2.29. The minimum absolute atomic E-state index is 0.130. The molecule has 9 heteroatoms. The van der Waals surface area contributed by atoms with Crippen LogP contribution in [0.25, 0.3) is 0 Å². The van der Waals surface area contributed by atoms with Crippen molar-refractivity contribution in [1.29, 1.82) is 0 Å². The first-order chi connectivity index (χ1) is 14.5. The second kappa shape index (κ2) is 6.72. The quantitative estimate of drug-likeness (QED) is 0.584. The Kier molecular flexibility index (Phi) is 4.23. The number of hydrogen-bond acceptors (Lipinski definition) is 8. The minimum Gasteiger partial charge on any atom is -0.543 e. The molecule has 6 atom stereocenters. The zero-order chi connectivity index (χ0) is 21.2. The third-order valence-corrected chi connectivity index (χ3v) is 7.06. The number of fused-ring (bicyclic) bond motifs is 8. The first-order valence-corrected chi connectivity index (χ1v) is 9.97. The number of carboxylic acid groups (broad SMARTS) is 1. The summed E-state index contributed by atoms with van der Waals surface area (Å²) in [4.78, 5) is 44.2. The van der Waals surface area contributed by atoms with E-state index in [4.69, 9.17) is 14.3 Å². The van der Waals surface area contributed by atoms with Crippen molar-refractivity contribution in [3.05, 3.63) is 23.8 Å². The maximum absolute atomic E-state index is 13.1. The van der Waals surface area contributed by atoms with Gasteiger partial charge in [0.25, 0.3) is 0 Å². The van der Waals surface area contributed by atoms with E-state index in [1.54, 1.807) is 20.3 Å². The molecule has 1 saturated heterocycles. The second-order valence-corrected chi connectivity index (χ2v) is 8.24. The number of carbonyl (C=O) groups is 3. The summed E-state index contributed by atoms with van der Waals surface area (Å²) in [5.74, 6) is -2.44. The van der Waals surface area contributed by atoms with Gasteiger partial charge in [-0.3, -0.25) is 14.5 Å². The van der Waals surface area contributed by atoms with Gasteiger partial charge in [0.1, 0.15) is 11.8 Å². The summed E-state index contributed by atoms with van der Waals surface area (Å²) in [6.07, 6.45) is 0.645. The van der Waals surface area contributed by atoms with Crippen molar-refractivity contribution in [2.75, 3.05) is 20.8 Å². The van der Waals surface area contributed by atoms with Crippen molar-refractivity contribution in [2.45, 2.75) is 18.9 Å². The third kappa shape index (κ3) is 2.47. The number of imide groups is 1. The Morgan fingerprint density at radius 3 is 2.50 bits per heavy atom. The number of nitrogens with zero attached hydrogens (tertiary/aromatic N) is 2. The first kappa shape index (κ1) is 18.9. The molecule has 0 aromatic heterocycles. The highest BCUT2D eigenvalue weighted by molar-refractivity contribution is 6.36. The number of benzene rings is 1. The molecule has 3 fully saturated rings. The molecule has 1 aromatic rings. The van der Waals surface area contributed by atoms with Crippen molar-refractivity contribution in [2.24, 2.45) is 34.7 Å². The number of ether oxygens (including phenoxy) is 2. The van der Waals surface area contributed by atoms with E-state index < -0.39 is 29.8 Å². The SMILES string of the molecule is COc1ccc(CCN2C(=O)[C@H]3[C@@H]4C[C@@H]([C@H]5C(C(=O)[O-])=NO[C@H]45)[C@@H]3C2=O)cc1OC. The van der Waals surface area contributed by atoms with E-state index >= 15 is 0 Å². The predicted molar refractivity (Wildman–Crippen MR) is 99.4 cm³/mol. The molecular formula is C21H21N2O7-. The van der Waals surface area contributed by atoms with Crippen molar-refractivity contribution in [3.8, 4) is 11.5 Å². The van der Waals surface area contributed by atoms with E-state index in [0.29, 0.717) is 24.3 Å². The zero-order valence-electron chi connectivity index (χ0n) is 16.6. The summed E-state index contributed by atoms with van der Waals surface area (Å²) in [6, 6.07) is 5.49. The van der Waals surface area contributed by atoms with Gasteiger partial charge < -0.3 is 24.2 Å². The molecule has 2 aliphatic heterocycles. The smallest absolute Gasteiger partial charge is 0.233 e. The lowest BCUT2D eigenvalue weighted by atomic mass is 9.72. The molecule has 0 unspecified atom stereocenters. The van der Waals surface area contributed by atoms with Crippen LogP contribution in [0.5, 0.6) is 11.5 Å². The normalized spacial score (nSPS) is 33.3. The lowest BCUT2D eigenvalue weighted by Crippen LogP contribution is -2.45. The Bertz CT molecular complexity index is 974. The van der Waals surface area contributed by atoms with Gasteiger partial charge in [-0.15, -0.1) is 0 Å². The van der Waals surface area contributed by atoms with E-state index in [9.17, 15) is 19.5 Å². The van der Waals surface area contributed by atoms with E-state index in [-0.39, 0.29) is 35.9 Å². The van der Waals surface area contributed by atoms with Gasteiger partial charge in [-0.05, 0) is 36.5 Å². The third-order valence-electron chi connectivity index (χ3n) is 7.06. The number of likely N-dealkylation sites (tertiary alicyclic amines) is 1. The van der Waals surface area contributed by atoms with E-state index in [1.807, 2.05) is 12.1 Å². The average molecular weight is 413 g/mol. The molecule has 158 valence electrons.